The molecule has 3 rings (SSSR count). The van der Waals surface area contributed by atoms with Crippen molar-refractivity contribution >= 4 is 6.29 Å². The lowest BCUT2D eigenvalue weighted by Gasteiger charge is -2.48. The highest BCUT2D eigenvalue weighted by Crippen LogP contribution is 2.35. The van der Waals surface area contributed by atoms with Crippen molar-refractivity contribution in [3.63, 3.8) is 0 Å². The molecule has 1 saturated carbocycles. The average molecular weight is 548 g/mol. The number of carbonyl (C=O) groups excluding carboxylic acids is 1. The van der Waals surface area contributed by atoms with Gasteiger partial charge in [-0.2, -0.15) is 0 Å². The largest absolute Gasteiger partial charge is 0.467 e. The number of hydrogen-bond acceptors (Lipinski definition) is 14. The Balaban J connectivity index is 1.68. The summed E-state index contributed by atoms with van der Waals surface area (Å²) in [5.41, 5.74) is 17.0. The molecule has 0 amide bonds. The molecule has 14 heteroatoms. The van der Waals surface area contributed by atoms with Crippen LogP contribution in [0.3, 0.4) is 0 Å². The topological polar surface area (TPSA) is 237 Å². The zero-order valence-corrected chi connectivity index (χ0v) is 22.0. The summed E-state index contributed by atoms with van der Waals surface area (Å²) in [4.78, 5) is 11.4. The smallest absolute Gasteiger partial charge is 0.215 e. The second kappa shape index (κ2) is 13.9. The molecule has 2 fully saturated rings. The third-order valence-electron chi connectivity index (χ3n) is 7.43. The van der Waals surface area contributed by atoms with Crippen molar-refractivity contribution in [2.24, 2.45) is 23.1 Å². The second-order valence-electron chi connectivity index (χ2n) is 10.7. The molecule has 0 aromatic rings. The maximum atomic E-state index is 11.4. The molecule has 0 spiro atoms. The van der Waals surface area contributed by atoms with Gasteiger partial charge in [0, 0.05) is 25.0 Å². The van der Waals surface area contributed by atoms with Gasteiger partial charge in [0.25, 0.3) is 0 Å². The van der Waals surface area contributed by atoms with Crippen LogP contribution in [0.25, 0.3) is 0 Å². The Morgan fingerprint density at radius 1 is 1.21 bits per heavy atom. The summed E-state index contributed by atoms with van der Waals surface area (Å²) in [7, 11) is 1.60. The third kappa shape index (κ3) is 7.47. The lowest BCUT2D eigenvalue weighted by Crippen LogP contribution is -2.67. The molecule has 1 saturated heterocycles. The van der Waals surface area contributed by atoms with Gasteiger partial charge < -0.3 is 72.0 Å². The Morgan fingerprint density at radius 2 is 1.92 bits per heavy atom. The summed E-state index contributed by atoms with van der Waals surface area (Å²) in [5, 5.41) is 47.7. The normalized spacial score (nSPS) is 42.7. The summed E-state index contributed by atoms with van der Waals surface area (Å²) in [6.45, 7) is 2.01. The van der Waals surface area contributed by atoms with Gasteiger partial charge in [-0.1, -0.05) is 0 Å². The number of hydrogen-bond donors (Lipinski definition) is 9. The number of aliphatic hydroxyl groups excluding tert-OH is 3. The number of ether oxygens (including phenoxy) is 4. The highest BCUT2D eigenvalue weighted by Gasteiger charge is 2.51. The van der Waals surface area contributed by atoms with Crippen molar-refractivity contribution in [3.8, 4) is 0 Å². The van der Waals surface area contributed by atoms with E-state index in [4.69, 9.17) is 41.3 Å². The van der Waals surface area contributed by atoms with Crippen LogP contribution in [0.5, 0.6) is 0 Å². The first-order chi connectivity index (χ1) is 18.0. The van der Waals surface area contributed by atoms with Gasteiger partial charge in [0.05, 0.1) is 37.9 Å². The predicted octanol–water partition coefficient (Wildman–Crippen LogP) is -4.02. The van der Waals surface area contributed by atoms with Gasteiger partial charge in [0.1, 0.15) is 36.0 Å². The minimum atomic E-state index is -1.34. The van der Waals surface area contributed by atoms with Gasteiger partial charge in [0.2, 0.25) is 6.29 Å². The number of carbonyl (C=O) groups is 1. The van der Waals surface area contributed by atoms with Crippen LogP contribution in [0.15, 0.2) is 11.8 Å². The van der Waals surface area contributed by atoms with Crippen molar-refractivity contribution in [1.82, 2.24) is 10.6 Å². The van der Waals surface area contributed by atoms with E-state index >= 15 is 0 Å². The van der Waals surface area contributed by atoms with E-state index in [0.717, 1.165) is 6.29 Å². The van der Waals surface area contributed by atoms with E-state index in [0.29, 0.717) is 31.7 Å². The van der Waals surface area contributed by atoms with Gasteiger partial charge in [-0.3, -0.25) is 0 Å². The van der Waals surface area contributed by atoms with Gasteiger partial charge in [-0.15, -0.1) is 0 Å². The van der Waals surface area contributed by atoms with Gasteiger partial charge >= 0.3 is 0 Å². The zero-order chi connectivity index (χ0) is 28.0. The Morgan fingerprint density at radius 3 is 2.58 bits per heavy atom. The molecule has 38 heavy (non-hydrogen) atoms. The first kappa shape index (κ1) is 31.3. The Bertz CT molecular complexity index is 790. The van der Waals surface area contributed by atoms with Crippen LogP contribution in [0.1, 0.15) is 26.2 Å². The van der Waals surface area contributed by atoms with E-state index in [1.165, 1.54) is 6.92 Å². The van der Waals surface area contributed by atoms with E-state index in [1.807, 2.05) is 6.08 Å². The van der Waals surface area contributed by atoms with Crippen LogP contribution in [0.2, 0.25) is 0 Å². The Kier molecular flexibility index (Phi) is 11.4. The number of nitrogens with two attached hydrogens (primary N) is 3. The summed E-state index contributed by atoms with van der Waals surface area (Å²) in [6, 6.07) is -2.32. The first-order valence-electron chi connectivity index (χ1n) is 13.1. The monoisotopic (exact) mass is 547 g/mol. The van der Waals surface area contributed by atoms with Crippen LogP contribution in [-0.4, -0.2) is 127 Å². The van der Waals surface area contributed by atoms with Gasteiger partial charge in [-0.25, -0.2) is 0 Å². The fourth-order valence-corrected chi connectivity index (χ4v) is 5.29. The molecule has 1 aliphatic carbocycles. The van der Waals surface area contributed by atoms with Crippen molar-refractivity contribution in [3.05, 3.63) is 11.8 Å². The van der Waals surface area contributed by atoms with Gasteiger partial charge in [-0.05, 0) is 38.8 Å². The number of rotatable bonds is 12. The van der Waals surface area contributed by atoms with Crippen molar-refractivity contribution in [2.45, 2.75) is 93.0 Å². The number of nitrogens with one attached hydrogen (secondary N) is 2. The number of aliphatic hydroxyl groups is 4. The van der Waals surface area contributed by atoms with Gasteiger partial charge in [0.15, 0.2) is 6.29 Å². The molecule has 3 aliphatic rings. The first-order valence-corrected chi connectivity index (χ1v) is 13.1. The standard InChI is InChI=1S/C24H45N5O9/c1-24(34)11-35-23(18(33)21(24)28-2)37-19-12(5-6-30)7-16(27)20(17(19)32)38-22-15(26)4-3-14(36-22)9-29-8-13(25)10-31/h3,6,12-13,15-23,28-29,31-34H,4-5,7-11,25-27H2,1-2H3/t12-,13?,15-,16+,17-,18-,19+,20?,21-,22-,23-,24+/m1/s1. The van der Waals surface area contributed by atoms with Crippen LogP contribution >= 0.6 is 0 Å². The van der Waals surface area contributed by atoms with Crippen molar-refractivity contribution in [2.75, 3.05) is 33.4 Å². The molecule has 14 nitrogen and oxygen atoms in total. The second-order valence-corrected chi connectivity index (χ2v) is 10.7. The minimum Gasteiger partial charge on any atom is -0.467 e. The number of aldehydes is 1. The fraction of sp³-hybridized carbons (Fsp3) is 0.875. The SMILES string of the molecule is CN[C@@H]1[C@@H](O)[C@@H](O[C@H]2[C@H](CC=O)C[C@H](N)C(O[C@H]3OC(CNCC(N)CO)=CC[C@H]3N)[C@@H]2O)OC[C@]1(C)O. The molecule has 0 bridgehead atoms. The molecule has 0 aromatic heterocycles. The Labute approximate surface area is 222 Å². The summed E-state index contributed by atoms with van der Waals surface area (Å²) < 4.78 is 23.7. The molecule has 0 aromatic carbocycles. The minimum absolute atomic E-state index is 0.0755. The average Bonchev–Trinajstić information content (AvgIpc) is 2.87. The highest BCUT2D eigenvalue weighted by atomic mass is 16.7. The molecule has 2 aliphatic heterocycles. The third-order valence-corrected chi connectivity index (χ3v) is 7.43. The van der Waals surface area contributed by atoms with E-state index < -0.39 is 72.7 Å². The molecule has 0 radical (unpaired) electrons. The maximum Gasteiger partial charge on any atom is 0.215 e. The van der Waals surface area contributed by atoms with Crippen LogP contribution < -0.4 is 27.8 Å². The maximum absolute atomic E-state index is 11.4. The molecule has 220 valence electrons. The predicted molar refractivity (Wildman–Crippen MR) is 135 cm³/mol. The molecule has 12 N–H and O–H groups in total. The van der Waals surface area contributed by atoms with E-state index in [-0.39, 0.29) is 19.6 Å². The summed E-state index contributed by atoms with van der Waals surface area (Å²) in [6.07, 6.45) is -3.12. The molecular formula is C24H45N5O9. The number of likely N-dealkylation sites (N-methyl/N-ethyl adjacent to an activating group) is 1. The van der Waals surface area contributed by atoms with E-state index in [1.54, 1.807) is 7.05 Å². The summed E-state index contributed by atoms with van der Waals surface area (Å²) >= 11 is 0. The van der Waals surface area contributed by atoms with E-state index in [2.05, 4.69) is 10.6 Å². The summed E-state index contributed by atoms with van der Waals surface area (Å²) in [5.74, 6) is 0.121. The zero-order valence-electron chi connectivity index (χ0n) is 22.0. The lowest BCUT2D eigenvalue weighted by molar-refractivity contribution is -0.308. The van der Waals surface area contributed by atoms with Crippen LogP contribution in [0.4, 0.5) is 0 Å². The molecule has 2 unspecified atom stereocenters. The van der Waals surface area contributed by atoms with Crippen molar-refractivity contribution < 1.29 is 44.2 Å². The van der Waals surface area contributed by atoms with Crippen molar-refractivity contribution in [1.29, 1.82) is 0 Å². The molecular weight excluding hydrogens is 502 g/mol. The molecule has 2 heterocycles. The Hall–Kier alpha value is -1.27. The highest BCUT2D eigenvalue weighted by molar-refractivity contribution is 5.50. The lowest BCUT2D eigenvalue weighted by atomic mass is 9.78. The van der Waals surface area contributed by atoms with Crippen LogP contribution in [-0.2, 0) is 23.7 Å². The van der Waals surface area contributed by atoms with E-state index in [9.17, 15) is 20.1 Å². The quantitative estimate of drug-likeness (QED) is 0.106. The fourth-order valence-electron chi connectivity index (χ4n) is 5.29. The molecule has 12 atom stereocenters. The van der Waals surface area contributed by atoms with Crippen LogP contribution in [0, 0.1) is 5.92 Å².